The molecule has 4 heteroatoms. The maximum atomic E-state index is 9.69. The van der Waals surface area contributed by atoms with Gasteiger partial charge in [0, 0.05) is 18.8 Å². The first-order valence-electron chi connectivity index (χ1n) is 5.90. The van der Waals surface area contributed by atoms with Gasteiger partial charge in [-0.25, -0.2) is 0 Å². The van der Waals surface area contributed by atoms with E-state index in [0.29, 0.717) is 13.2 Å². The van der Waals surface area contributed by atoms with Crippen LogP contribution in [0.2, 0.25) is 0 Å². The molecule has 0 aliphatic carbocycles. The molecule has 1 aromatic rings. The van der Waals surface area contributed by atoms with E-state index in [4.69, 9.17) is 11.2 Å². The summed E-state index contributed by atoms with van der Waals surface area (Å²) in [6.45, 7) is 1.67. The number of para-hydroxylation sites is 1. The van der Waals surface area contributed by atoms with Gasteiger partial charge in [-0.1, -0.05) is 24.1 Å². The molecular formula is C14H19NO2S. The van der Waals surface area contributed by atoms with Crippen LogP contribution < -0.4 is 10.1 Å². The third-order valence-corrected chi connectivity index (χ3v) is 3.04. The maximum absolute atomic E-state index is 9.69. The highest BCUT2D eigenvalue weighted by Gasteiger charge is 2.04. The third-order valence-electron chi connectivity index (χ3n) is 2.17. The summed E-state index contributed by atoms with van der Waals surface area (Å²) in [5, 5.41) is 12.8. The molecule has 0 spiro atoms. The molecular weight excluding hydrogens is 246 g/mol. The Morgan fingerprint density at radius 2 is 2.17 bits per heavy atom. The van der Waals surface area contributed by atoms with Crippen molar-refractivity contribution >= 4 is 11.8 Å². The van der Waals surface area contributed by atoms with Crippen LogP contribution in [0.15, 0.2) is 30.3 Å². The van der Waals surface area contributed by atoms with Gasteiger partial charge in [-0.05, 0) is 12.1 Å². The topological polar surface area (TPSA) is 41.5 Å². The normalized spacial score (nSPS) is 11.8. The van der Waals surface area contributed by atoms with Gasteiger partial charge < -0.3 is 15.2 Å². The molecule has 98 valence electrons. The van der Waals surface area contributed by atoms with Crippen LogP contribution in [0.5, 0.6) is 5.75 Å². The van der Waals surface area contributed by atoms with Gasteiger partial charge in [0.05, 0.1) is 5.75 Å². The number of hydrogen-bond acceptors (Lipinski definition) is 4. The Bertz CT molecular complexity index is 351. The second-order valence-electron chi connectivity index (χ2n) is 3.74. The molecule has 0 saturated carbocycles. The molecule has 1 rings (SSSR count). The van der Waals surface area contributed by atoms with Gasteiger partial charge in [0.1, 0.15) is 18.5 Å². The second-order valence-corrected chi connectivity index (χ2v) is 4.84. The quantitative estimate of drug-likeness (QED) is 0.523. The first-order chi connectivity index (χ1) is 8.83. The lowest BCUT2D eigenvalue weighted by Crippen LogP contribution is -2.32. The van der Waals surface area contributed by atoms with Crippen molar-refractivity contribution in [3.05, 3.63) is 30.3 Å². The number of aliphatic hydroxyl groups is 1. The van der Waals surface area contributed by atoms with E-state index in [1.54, 1.807) is 11.8 Å². The predicted octanol–water partition coefficient (Wildman–Crippen LogP) is 1.38. The highest BCUT2D eigenvalue weighted by atomic mass is 32.2. The number of thioether (sulfide) groups is 1. The summed E-state index contributed by atoms with van der Waals surface area (Å²) in [7, 11) is 0. The lowest BCUT2D eigenvalue weighted by molar-refractivity contribution is 0.107. The number of terminal acetylenes is 1. The fourth-order valence-electron chi connectivity index (χ4n) is 1.31. The minimum Gasteiger partial charge on any atom is -0.491 e. The number of hydrogen-bond donors (Lipinski definition) is 2. The number of nitrogens with one attached hydrogen (secondary N) is 1. The van der Waals surface area contributed by atoms with Crippen LogP contribution in [0, 0.1) is 12.3 Å². The van der Waals surface area contributed by atoms with Gasteiger partial charge >= 0.3 is 0 Å². The van der Waals surface area contributed by atoms with Gasteiger partial charge in [-0.15, -0.1) is 18.2 Å². The van der Waals surface area contributed by atoms with Crippen LogP contribution in [-0.4, -0.2) is 42.4 Å². The SMILES string of the molecule is C#CCSCCNCC(O)COc1ccccc1. The molecule has 0 aliphatic rings. The summed E-state index contributed by atoms with van der Waals surface area (Å²) in [6.07, 6.45) is 4.64. The van der Waals surface area contributed by atoms with Crippen molar-refractivity contribution in [2.24, 2.45) is 0 Å². The van der Waals surface area contributed by atoms with Gasteiger partial charge in [0.15, 0.2) is 0 Å². The number of ether oxygens (including phenoxy) is 1. The van der Waals surface area contributed by atoms with Crippen LogP contribution in [0.4, 0.5) is 0 Å². The summed E-state index contributed by atoms with van der Waals surface area (Å²) in [4.78, 5) is 0. The Kier molecular flexibility index (Phi) is 8.15. The molecule has 1 aromatic carbocycles. The lowest BCUT2D eigenvalue weighted by atomic mass is 10.3. The summed E-state index contributed by atoms with van der Waals surface area (Å²) in [5.41, 5.74) is 0. The third kappa shape index (κ3) is 7.23. The van der Waals surface area contributed by atoms with Gasteiger partial charge in [0.2, 0.25) is 0 Å². The Morgan fingerprint density at radius 1 is 1.39 bits per heavy atom. The largest absolute Gasteiger partial charge is 0.491 e. The highest BCUT2D eigenvalue weighted by Crippen LogP contribution is 2.08. The minimum absolute atomic E-state index is 0.300. The molecule has 0 aliphatic heterocycles. The Labute approximate surface area is 113 Å². The molecule has 18 heavy (non-hydrogen) atoms. The fourth-order valence-corrected chi connectivity index (χ4v) is 1.86. The van der Waals surface area contributed by atoms with Crippen LogP contribution in [-0.2, 0) is 0 Å². The standard InChI is InChI=1S/C14H19NO2S/c1-2-9-18-10-8-15-11-13(16)12-17-14-6-4-3-5-7-14/h1,3-7,13,15-16H,8-12H2. The molecule has 0 aromatic heterocycles. The van der Waals surface area contributed by atoms with E-state index in [2.05, 4.69) is 11.2 Å². The van der Waals surface area contributed by atoms with Crippen molar-refractivity contribution in [2.75, 3.05) is 31.2 Å². The van der Waals surface area contributed by atoms with E-state index in [0.717, 1.165) is 23.8 Å². The monoisotopic (exact) mass is 265 g/mol. The van der Waals surface area contributed by atoms with Crippen molar-refractivity contribution in [3.63, 3.8) is 0 Å². The van der Waals surface area contributed by atoms with E-state index in [-0.39, 0.29) is 0 Å². The van der Waals surface area contributed by atoms with Gasteiger partial charge in [0.25, 0.3) is 0 Å². The molecule has 0 heterocycles. The second kappa shape index (κ2) is 9.84. The van der Waals surface area contributed by atoms with Crippen LogP contribution in [0.1, 0.15) is 0 Å². The first-order valence-corrected chi connectivity index (χ1v) is 7.06. The highest BCUT2D eigenvalue weighted by molar-refractivity contribution is 7.99. The van der Waals surface area contributed by atoms with Crippen LogP contribution >= 0.6 is 11.8 Å². The molecule has 1 atom stereocenters. The van der Waals surface area contributed by atoms with Crippen molar-refractivity contribution < 1.29 is 9.84 Å². The zero-order valence-corrected chi connectivity index (χ0v) is 11.2. The Balaban J connectivity index is 2.01. The molecule has 0 saturated heterocycles. The number of aliphatic hydroxyl groups excluding tert-OH is 1. The average Bonchev–Trinajstić information content (AvgIpc) is 2.41. The van der Waals surface area contributed by atoms with Crippen molar-refractivity contribution in [3.8, 4) is 18.1 Å². The van der Waals surface area contributed by atoms with Crippen LogP contribution in [0.3, 0.4) is 0 Å². The number of rotatable bonds is 9. The molecule has 0 radical (unpaired) electrons. The number of benzene rings is 1. The molecule has 3 nitrogen and oxygen atoms in total. The van der Waals surface area contributed by atoms with Gasteiger partial charge in [-0.3, -0.25) is 0 Å². The van der Waals surface area contributed by atoms with E-state index in [1.165, 1.54) is 0 Å². The van der Waals surface area contributed by atoms with Crippen molar-refractivity contribution in [2.45, 2.75) is 6.10 Å². The summed E-state index contributed by atoms with van der Waals surface area (Å²) in [6, 6.07) is 9.48. The Hall–Kier alpha value is -1.15. The zero-order valence-electron chi connectivity index (χ0n) is 10.3. The maximum Gasteiger partial charge on any atom is 0.119 e. The van der Waals surface area contributed by atoms with Crippen LogP contribution in [0.25, 0.3) is 0 Å². The first kappa shape index (κ1) is 14.9. The lowest BCUT2D eigenvalue weighted by Gasteiger charge is -2.13. The molecule has 1 unspecified atom stereocenters. The molecule has 0 bridgehead atoms. The zero-order chi connectivity index (χ0) is 13.1. The average molecular weight is 265 g/mol. The van der Waals surface area contributed by atoms with Crippen molar-refractivity contribution in [1.82, 2.24) is 5.32 Å². The predicted molar refractivity (Wildman–Crippen MR) is 77.0 cm³/mol. The smallest absolute Gasteiger partial charge is 0.119 e. The van der Waals surface area contributed by atoms with E-state index in [1.807, 2.05) is 30.3 Å². The minimum atomic E-state index is -0.497. The van der Waals surface area contributed by atoms with E-state index in [9.17, 15) is 5.11 Å². The molecule has 0 fully saturated rings. The summed E-state index contributed by atoms with van der Waals surface area (Å²) >= 11 is 1.70. The fraction of sp³-hybridized carbons (Fsp3) is 0.429. The summed E-state index contributed by atoms with van der Waals surface area (Å²) in [5.74, 6) is 5.04. The Morgan fingerprint density at radius 3 is 2.89 bits per heavy atom. The molecule has 0 amide bonds. The molecule has 2 N–H and O–H groups in total. The van der Waals surface area contributed by atoms with Crippen molar-refractivity contribution in [1.29, 1.82) is 0 Å². The van der Waals surface area contributed by atoms with Gasteiger partial charge in [-0.2, -0.15) is 0 Å². The van der Waals surface area contributed by atoms with E-state index < -0.39 is 6.10 Å². The summed E-state index contributed by atoms with van der Waals surface area (Å²) < 4.78 is 5.44. The van der Waals surface area contributed by atoms with E-state index >= 15 is 0 Å².